The van der Waals surface area contributed by atoms with E-state index in [1.807, 2.05) is 11.3 Å². The van der Waals surface area contributed by atoms with E-state index >= 15 is 0 Å². The monoisotopic (exact) mass is 866 g/mol. The zero-order chi connectivity index (χ0) is 44.3. The minimum Gasteiger partial charge on any atom is -0.135 e. The van der Waals surface area contributed by atoms with E-state index < -0.39 is 0 Å². The van der Waals surface area contributed by atoms with Crippen LogP contribution in [0.4, 0.5) is 0 Å². The minimum atomic E-state index is 1.19. The quantitative estimate of drug-likeness (QED) is 0.140. The fraction of sp³-hybridized carbons (Fsp3) is 0. The van der Waals surface area contributed by atoms with Gasteiger partial charge in [0.15, 0.2) is 0 Å². The molecule has 0 unspecified atom stereocenters. The Bertz CT molecular complexity index is 4000. The van der Waals surface area contributed by atoms with Gasteiger partial charge in [-0.15, -0.1) is 11.3 Å². The summed E-state index contributed by atoms with van der Waals surface area (Å²) in [6, 6.07) is 94.0. The zero-order valence-corrected chi connectivity index (χ0v) is 37.5. The van der Waals surface area contributed by atoms with Crippen molar-refractivity contribution in [2.24, 2.45) is 0 Å². The molecule has 0 radical (unpaired) electrons. The molecule has 0 saturated heterocycles. The van der Waals surface area contributed by atoms with Gasteiger partial charge in [0.2, 0.25) is 0 Å². The van der Waals surface area contributed by atoms with Gasteiger partial charge in [-0.3, -0.25) is 0 Å². The molecule has 0 nitrogen and oxygen atoms in total. The summed E-state index contributed by atoms with van der Waals surface area (Å²) in [7, 11) is 0. The first-order valence-electron chi connectivity index (χ1n) is 23.1. The first-order valence-corrected chi connectivity index (χ1v) is 23.9. The van der Waals surface area contributed by atoms with Crippen LogP contribution in [0.5, 0.6) is 0 Å². The normalized spacial score (nSPS) is 11.6. The lowest BCUT2D eigenvalue weighted by atomic mass is 9.91. The first-order chi connectivity index (χ1) is 33.2. The molecule has 0 N–H and O–H groups in total. The number of fused-ring (bicyclic) bond motifs is 9. The van der Waals surface area contributed by atoms with Crippen molar-refractivity contribution < 1.29 is 0 Å². The molecule has 0 atom stereocenters. The van der Waals surface area contributed by atoms with Gasteiger partial charge in [0.1, 0.15) is 0 Å². The van der Waals surface area contributed by atoms with Crippen molar-refractivity contribution in [3.05, 3.63) is 255 Å². The number of benzene rings is 12. The lowest BCUT2D eigenvalue weighted by Gasteiger charge is -2.14. The van der Waals surface area contributed by atoms with E-state index in [-0.39, 0.29) is 0 Å². The third-order valence-corrected chi connectivity index (χ3v) is 14.8. The van der Waals surface area contributed by atoms with E-state index in [1.165, 1.54) is 130 Å². The highest BCUT2D eigenvalue weighted by Gasteiger charge is 2.15. The summed E-state index contributed by atoms with van der Waals surface area (Å²) in [6.07, 6.45) is 0. The molecule has 0 aliphatic heterocycles. The van der Waals surface area contributed by atoms with E-state index in [9.17, 15) is 0 Å². The van der Waals surface area contributed by atoms with Crippen LogP contribution in [-0.4, -0.2) is 0 Å². The van der Waals surface area contributed by atoms with Gasteiger partial charge in [-0.1, -0.05) is 200 Å². The molecule has 1 aromatic heterocycles. The van der Waals surface area contributed by atoms with Crippen LogP contribution >= 0.6 is 11.3 Å². The SMILES string of the molecule is c1ccc(-c2cc(-c3cccc(-c4cccc(-c5cccc(-c6cccc(-c7ccc8c9ccccc9c9ccccc9c8c7)c6)c5)c4)c3)cc(-c3cccc4c3sc3ccccc34)c2)cc1. The molecule has 0 amide bonds. The Labute approximate surface area is 394 Å². The van der Waals surface area contributed by atoms with E-state index in [0.29, 0.717) is 0 Å². The Kier molecular flexibility index (Phi) is 9.48. The lowest BCUT2D eigenvalue weighted by molar-refractivity contribution is 1.55. The molecule has 0 aliphatic rings. The average Bonchev–Trinajstić information content (AvgIpc) is 3.80. The van der Waals surface area contributed by atoms with Crippen LogP contribution in [0.2, 0.25) is 0 Å². The van der Waals surface area contributed by atoms with Gasteiger partial charge in [0.05, 0.1) is 0 Å². The van der Waals surface area contributed by atoms with Crippen LogP contribution in [0.25, 0.3) is 130 Å². The van der Waals surface area contributed by atoms with Crippen molar-refractivity contribution >= 4 is 63.8 Å². The topological polar surface area (TPSA) is 0 Å². The largest absolute Gasteiger partial charge is 0.135 e. The van der Waals surface area contributed by atoms with Crippen LogP contribution < -0.4 is 0 Å². The second-order valence-corrected chi connectivity index (χ2v) is 18.7. The van der Waals surface area contributed by atoms with Crippen molar-refractivity contribution in [1.29, 1.82) is 0 Å². The highest BCUT2D eigenvalue weighted by atomic mass is 32.1. The summed E-state index contributed by atoms with van der Waals surface area (Å²) in [6.45, 7) is 0. The maximum Gasteiger partial charge on any atom is 0.0433 e. The molecule has 67 heavy (non-hydrogen) atoms. The average molecular weight is 867 g/mol. The Morgan fingerprint density at radius 3 is 1.06 bits per heavy atom. The number of hydrogen-bond acceptors (Lipinski definition) is 1. The van der Waals surface area contributed by atoms with E-state index in [0.717, 1.165) is 0 Å². The Morgan fingerprint density at radius 1 is 0.179 bits per heavy atom. The summed E-state index contributed by atoms with van der Waals surface area (Å²) < 4.78 is 2.65. The molecular formula is C66H42S. The Morgan fingerprint density at radius 2 is 0.522 bits per heavy atom. The van der Waals surface area contributed by atoms with Gasteiger partial charge in [-0.05, 0) is 165 Å². The van der Waals surface area contributed by atoms with Crippen molar-refractivity contribution in [2.75, 3.05) is 0 Å². The summed E-state index contributed by atoms with van der Waals surface area (Å²) in [5.74, 6) is 0. The molecule has 1 heterocycles. The van der Waals surface area contributed by atoms with E-state index in [2.05, 4.69) is 255 Å². The number of hydrogen-bond donors (Lipinski definition) is 0. The highest BCUT2D eigenvalue weighted by Crippen LogP contribution is 2.43. The molecule has 0 aliphatic carbocycles. The summed E-state index contributed by atoms with van der Waals surface area (Å²) in [5, 5.41) is 10.4. The predicted molar refractivity (Wildman–Crippen MR) is 290 cm³/mol. The molecule has 312 valence electrons. The number of thiophene rings is 1. The minimum absolute atomic E-state index is 1.19. The molecule has 13 rings (SSSR count). The van der Waals surface area contributed by atoms with Gasteiger partial charge in [-0.25, -0.2) is 0 Å². The van der Waals surface area contributed by atoms with Crippen LogP contribution in [0.15, 0.2) is 255 Å². The lowest BCUT2D eigenvalue weighted by Crippen LogP contribution is -1.88. The molecule has 0 saturated carbocycles. The first kappa shape index (κ1) is 39.0. The van der Waals surface area contributed by atoms with Crippen LogP contribution in [0.1, 0.15) is 0 Å². The van der Waals surface area contributed by atoms with Gasteiger partial charge < -0.3 is 0 Å². The summed E-state index contributed by atoms with van der Waals surface area (Å²) in [4.78, 5) is 0. The second kappa shape index (κ2) is 16.3. The predicted octanol–water partition coefficient (Wildman–Crippen LogP) is 19.2. The molecule has 13 aromatic rings. The van der Waals surface area contributed by atoms with Gasteiger partial charge in [0.25, 0.3) is 0 Å². The van der Waals surface area contributed by atoms with Crippen molar-refractivity contribution in [3.63, 3.8) is 0 Å². The zero-order valence-electron chi connectivity index (χ0n) is 36.7. The molecule has 0 bridgehead atoms. The smallest absolute Gasteiger partial charge is 0.0433 e. The molecular weight excluding hydrogens is 825 g/mol. The molecule has 1 heteroatoms. The van der Waals surface area contributed by atoms with Crippen molar-refractivity contribution in [3.8, 4) is 77.9 Å². The third kappa shape index (κ3) is 7.00. The van der Waals surface area contributed by atoms with E-state index in [1.54, 1.807) is 0 Å². The standard InChI is InChI=1S/C66H42S/c1-2-15-43(16-3-1)53-39-54(41-55(40-53)56-30-14-31-63-62-29-8-9-32-65(62)67-66(56)63)51-24-13-22-49(38-51)47-20-11-18-45(36-47)44-17-10-19-46(35-44)48-21-12-23-50(37-48)52-33-34-61-59-27-5-4-25-57(59)58-26-6-7-28-60(58)64(61)42-52/h1-42H. The Hall–Kier alpha value is -8.36. The third-order valence-electron chi connectivity index (χ3n) is 13.6. The maximum absolute atomic E-state index is 2.38. The molecule has 0 fully saturated rings. The number of rotatable bonds is 7. The van der Waals surface area contributed by atoms with Crippen molar-refractivity contribution in [1.82, 2.24) is 0 Å². The summed E-state index contributed by atoms with van der Waals surface area (Å²) in [5.41, 5.74) is 16.9. The van der Waals surface area contributed by atoms with Crippen LogP contribution in [0, 0.1) is 0 Å². The summed E-state index contributed by atoms with van der Waals surface area (Å²) >= 11 is 1.89. The van der Waals surface area contributed by atoms with Gasteiger partial charge >= 0.3 is 0 Å². The van der Waals surface area contributed by atoms with Gasteiger partial charge in [-0.2, -0.15) is 0 Å². The highest BCUT2D eigenvalue weighted by molar-refractivity contribution is 7.26. The fourth-order valence-electron chi connectivity index (χ4n) is 10.3. The second-order valence-electron chi connectivity index (χ2n) is 17.6. The van der Waals surface area contributed by atoms with Crippen LogP contribution in [0.3, 0.4) is 0 Å². The Balaban J connectivity index is 0.843. The van der Waals surface area contributed by atoms with Crippen molar-refractivity contribution in [2.45, 2.75) is 0 Å². The van der Waals surface area contributed by atoms with Gasteiger partial charge in [0, 0.05) is 20.2 Å². The molecule has 12 aromatic carbocycles. The van der Waals surface area contributed by atoms with E-state index in [4.69, 9.17) is 0 Å². The molecule has 0 spiro atoms. The maximum atomic E-state index is 2.38. The fourth-order valence-corrected chi connectivity index (χ4v) is 11.6. The van der Waals surface area contributed by atoms with Crippen LogP contribution in [-0.2, 0) is 0 Å².